The highest BCUT2D eigenvalue weighted by atomic mass is 31.2. The Bertz CT molecular complexity index is 1650. The largest absolute Gasteiger partial charge is 0.472 e. The van der Waals surface area contributed by atoms with Gasteiger partial charge in [-0.1, -0.05) is 260 Å². The number of hydrogen-bond donors (Lipinski definition) is 3. The molecule has 0 aliphatic rings. The molecule has 492 valence electrons. The molecule has 0 amide bonds. The lowest BCUT2D eigenvalue weighted by Gasteiger charge is -2.21. The molecule has 3 N–H and O–H groups in total. The van der Waals surface area contributed by atoms with E-state index in [0.29, 0.717) is 25.7 Å². The standard InChI is InChI=1S/C64H124O17P2/c1-8-11-12-13-14-15-16-17-18-23-33-40-47-63(68)80-59(51-74-61(66)45-38-31-22-20-19-21-28-35-42-55(4)5)53-78-82(70,71)76-49-58(65)50-77-83(72,73)79-54-60(81-64(69)48-41-34-27-25-30-37-44-57(7)10-3)52-75-62(67)46-39-32-26-24-29-36-43-56(6)9-2/h55-60,65H,8-54H2,1-7H3,(H,70,71)(H,72,73)/t56?,57?,58-,59-,60-/m1/s1. The average Bonchev–Trinajstić information content (AvgIpc) is 3.46. The van der Waals surface area contributed by atoms with Crippen LogP contribution in [0.1, 0.15) is 312 Å². The lowest BCUT2D eigenvalue weighted by Crippen LogP contribution is -2.30. The summed E-state index contributed by atoms with van der Waals surface area (Å²) in [6, 6.07) is 0. The van der Waals surface area contributed by atoms with Gasteiger partial charge in [-0.05, 0) is 43.4 Å². The van der Waals surface area contributed by atoms with Crippen molar-refractivity contribution in [2.75, 3.05) is 39.6 Å². The minimum absolute atomic E-state index is 0.102. The summed E-state index contributed by atoms with van der Waals surface area (Å²) in [6.07, 6.45) is 36.2. The van der Waals surface area contributed by atoms with Crippen molar-refractivity contribution in [2.45, 2.75) is 330 Å². The minimum Gasteiger partial charge on any atom is -0.462 e. The Morgan fingerprint density at radius 1 is 0.349 bits per heavy atom. The molecule has 17 nitrogen and oxygen atoms in total. The van der Waals surface area contributed by atoms with Crippen LogP contribution >= 0.6 is 15.6 Å². The Kier molecular flexibility index (Phi) is 54.1. The van der Waals surface area contributed by atoms with Crippen LogP contribution in [0.4, 0.5) is 0 Å². The third-order valence-corrected chi connectivity index (χ3v) is 17.3. The van der Waals surface area contributed by atoms with Crippen molar-refractivity contribution in [1.82, 2.24) is 0 Å². The molecule has 0 saturated heterocycles. The Morgan fingerprint density at radius 3 is 0.916 bits per heavy atom. The van der Waals surface area contributed by atoms with Crippen molar-refractivity contribution in [3.63, 3.8) is 0 Å². The maximum atomic E-state index is 13.0. The lowest BCUT2D eigenvalue weighted by molar-refractivity contribution is -0.161. The van der Waals surface area contributed by atoms with Crippen LogP contribution in [0.2, 0.25) is 0 Å². The van der Waals surface area contributed by atoms with Gasteiger partial charge in [-0.15, -0.1) is 0 Å². The quantitative estimate of drug-likeness (QED) is 0.0222. The average molecular weight is 1230 g/mol. The Morgan fingerprint density at radius 2 is 0.614 bits per heavy atom. The van der Waals surface area contributed by atoms with Crippen LogP contribution in [0.3, 0.4) is 0 Å². The number of carbonyl (C=O) groups excluding carboxylic acids is 4. The maximum Gasteiger partial charge on any atom is 0.472 e. The number of unbranched alkanes of at least 4 members (excludes halogenated alkanes) is 28. The van der Waals surface area contributed by atoms with Gasteiger partial charge in [-0.25, -0.2) is 9.13 Å². The predicted molar refractivity (Wildman–Crippen MR) is 331 cm³/mol. The number of esters is 4. The first-order chi connectivity index (χ1) is 39.8. The highest BCUT2D eigenvalue weighted by molar-refractivity contribution is 7.47. The first-order valence-electron chi connectivity index (χ1n) is 33.4. The third kappa shape index (κ3) is 56.3. The van der Waals surface area contributed by atoms with Gasteiger partial charge in [0.1, 0.15) is 19.3 Å². The number of aliphatic hydroxyl groups is 1. The maximum absolute atomic E-state index is 13.0. The molecule has 0 aromatic heterocycles. The molecule has 0 spiro atoms. The van der Waals surface area contributed by atoms with Gasteiger partial charge in [-0.3, -0.25) is 37.3 Å². The van der Waals surface area contributed by atoms with Crippen LogP contribution in [-0.2, 0) is 65.4 Å². The van der Waals surface area contributed by atoms with Crippen LogP contribution in [0.5, 0.6) is 0 Å². The highest BCUT2D eigenvalue weighted by Crippen LogP contribution is 2.45. The molecule has 7 atom stereocenters. The lowest BCUT2D eigenvalue weighted by atomic mass is 10.00. The number of carbonyl (C=O) groups is 4. The molecule has 83 heavy (non-hydrogen) atoms. The monoisotopic (exact) mass is 1230 g/mol. The van der Waals surface area contributed by atoms with Gasteiger partial charge in [-0.2, -0.15) is 0 Å². The molecule has 0 aliphatic carbocycles. The number of phosphoric acid groups is 2. The van der Waals surface area contributed by atoms with Crippen LogP contribution in [0.25, 0.3) is 0 Å². The van der Waals surface area contributed by atoms with E-state index in [1.54, 1.807) is 0 Å². The fourth-order valence-electron chi connectivity index (χ4n) is 9.42. The van der Waals surface area contributed by atoms with E-state index >= 15 is 0 Å². The zero-order chi connectivity index (χ0) is 61.7. The van der Waals surface area contributed by atoms with Crippen molar-refractivity contribution in [3.8, 4) is 0 Å². The van der Waals surface area contributed by atoms with Crippen molar-refractivity contribution in [2.24, 2.45) is 17.8 Å². The molecule has 0 radical (unpaired) electrons. The summed E-state index contributed by atoms with van der Waals surface area (Å²) in [5.74, 6) is 0.0391. The highest BCUT2D eigenvalue weighted by Gasteiger charge is 2.30. The molecule has 0 aliphatic heterocycles. The van der Waals surface area contributed by atoms with E-state index in [-0.39, 0.29) is 25.7 Å². The second-order valence-electron chi connectivity index (χ2n) is 24.1. The van der Waals surface area contributed by atoms with Gasteiger partial charge in [0.15, 0.2) is 12.2 Å². The van der Waals surface area contributed by atoms with Gasteiger partial charge in [0.05, 0.1) is 26.4 Å². The predicted octanol–water partition coefficient (Wildman–Crippen LogP) is 17.5. The van der Waals surface area contributed by atoms with Crippen molar-refractivity contribution in [3.05, 3.63) is 0 Å². The van der Waals surface area contributed by atoms with Crippen molar-refractivity contribution < 1.29 is 80.2 Å². The van der Waals surface area contributed by atoms with Gasteiger partial charge >= 0.3 is 39.5 Å². The molecule has 19 heteroatoms. The fourth-order valence-corrected chi connectivity index (χ4v) is 11.0. The molecular weight excluding hydrogens is 1100 g/mol. The van der Waals surface area contributed by atoms with Crippen LogP contribution in [0.15, 0.2) is 0 Å². The van der Waals surface area contributed by atoms with Crippen molar-refractivity contribution >= 4 is 39.5 Å². The van der Waals surface area contributed by atoms with E-state index in [9.17, 15) is 43.2 Å². The first-order valence-corrected chi connectivity index (χ1v) is 36.4. The molecule has 0 bridgehead atoms. The van der Waals surface area contributed by atoms with Crippen molar-refractivity contribution in [1.29, 1.82) is 0 Å². The summed E-state index contributed by atoms with van der Waals surface area (Å²) in [5, 5.41) is 10.5. The second-order valence-corrected chi connectivity index (χ2v) is 27.0. The molecule has 0 aromatic rings. The first kappa shape index (κ1) is 81.1. The molecule has 0 aromatic carbocycles. The molecule has 4 unspecified atom stereocenters. The Hall–Kier alpha value is -1.94. The van der Waals surface area contributed by atoms with E-state index in [2.05, 4.69) is 48.5 Å². The van der Waals surface area contributed by atoms with Gasteiger partial charge < -0.3 is 33.8 Å². The third-order valence-electron chi connectivity index (χ3n) is 15.4. The van der Waals surface area contributed by atoms with E-state index < -0.39 is 97.5 Å². The van der Waals surface area contributed by atoms with Gasteiger partial charge in [0, 0.05) is 25.7 Å². The zero-order valence-electron chi connectivity index (χ0n) is 53.6. The molecular formula is C64H124O17P2. The van der Waals surface area contributed by atoms with E-state index in [0.717, 1.165) is 114 Å². The summed E-state index contributed by atoms with van der Waals surface area (Å²) in [7, 11) is -9.89. The Labute approximate surface area is 505 Å². The van der Waals surface area contributed by atoms with E-state index in [4.69, 9.17) is 37.0 Å². The minimum atomic E-state index is -4.94. The number of hydrogen-bond acceptors (Lipinski definition) is 15. The normalized spacial score (nSPS) is 15.0. The van der Waals surface area contributed by atoms with Crippen LogP contribution in [0, 0.1) is 17.8 Å². The van der Waals surface area contributed by atoms with Crippen LogP contribution in [-0.4, -0.2) is 96.7 Å². The number of aliphatic hydroxyl groups excluding tert-OH is 1. The molecule has 0 fully saturated rings. The Balaban J connectivity index is 5.26. The van der Waals surface area contributed by atoms with E-state index in [1.807, 2.05) is 0 Å². The number of rotatable bonds is 62. The molecule has 0 heterocycles. The zero-order valence-corrected chi connectivity index (χ0v) is 55.4. The van der Waals surface area contributed by atoms with Crippen LogP contribution < -0.4 is 0 Å². The smallest absolute Gasteiger partial charge is 0.462 e. The summed E-state index contributed by atoms with van der Waals surface area (Å²) >= 11 is 0. The summed E-state index contributed by atoms with van der Waals surface area (Å²) in [4.78, 5) is 72.2. The topological polar surface area (TPSA) is 237 Å². The number of ether oxygens (including phenoxy) is 4. The fraction of sp³-hybridized carbons (Fsp3) is 0.938. The van der Waals surface area contributed by atoms with Gasteiger partial charge in [0.25, 0.3) is 0 Å². The summed E-state index contributed by atoms with van der Waals surface area (Å²) < 4.78 is 68.0. The molecule has 0 saturated carbocycles. The SMILES string of the molecule is CCCCCCCCCCCCCCC(=O)O[C@H](COC(=O)CCCCCCCCCCC(C)C)COP(=O)(O)OC[C@@H](O)COP(=O)(O)OC[C@@H](COC(=O)CCCCCCCCC(C)CC)OC(=O)CCCCCCCCC(C)CC. The number of phosphoric ester groups is 2. The summed E-state index contributed by atoms with van der Waals surface area (Å²) in [6.45, 7) is 11.7. The summed E-state index contributed by atoms with van der Waals surface area (Å²) in [5.41, 5.74) is 0. The molecule has 0 rings (SSSR count). The second kappa shape index (κ2) is 55.4. The van der Waals surface area contributed by atoms with E-state index in [1.165, 1.54) is 116 Å². The van der Waals surface area contributed by atoms with Gasteiger partial charge in [0.2, 0.25) is 0 Å².